The van der Waals surface area contributed by atoms with E-state index >= 15 is 0 Å². The first-order valence-corrected chi connectivity index (χ1v) is 7.16. The van der Waals surface area contributed by atoms with E-state index < -0.39 is 0 Å². The van der Waals surface area contributed by atoms with Crippen LogP contribution in [0.1, 0.15) is 23.7 Å². The second-order valence-electron chi connectivity index (χ2n) is 3.89. The summed E-state index contributed by atoms with van der Waals surface area (Å²) in [4.78, 5) is 11.9. The van der Waals surface area contributed by atoms with Crippen LogP contribution in [0.25, 0.3) is 0 Å². The molecule has 0 aliphatic carbocycles. The number of benzene rings is 1. The monoisotopic (exact) mass is 272 g/mol. The van der Waals surface area contributed by atoms with Crippen molar-refractivity contribution in [2.75, 3.05) is 17.7 Å². The van der Waals surface area contributed by atoms with Gasteiger partial charge >= 0.3 is 0 Å². The zero-order valence-corrected chi connectivity index (χ0v) is 11.6. The van der Waals surface area contributed by atoms with Crippen LogP contribution in [0.15, 0.2) is 18.2 Å². The van der Waals surface area contributed by atoms with Gasteiger partial charge in [-0.3, -0.25) is 4.79 Å². The zero-order chi connectivity index (χ0) is 12.8. The summed E-state index contributed by atoms with van der Waals surface area (Å²) in [5, 5.41) is 3.42. The standard InChI is InChI=1S/C12H17ClN2OS/c1-8(5-6-17-2)15-12(16)10-7-9(13)3-4-11(10)14/h3-4,7-8H,5-6,14H2,1-2H3,(H,15,16). The number of nitrogens with two attached hydrogens (primary N) is 1. The Balaban J connectivity index is 2.66. The Kier molecular flexibility index (Phi) is 5.65. The predicted octanol–water partition coefficient (Wildman–Crippen LogP) is 2.79. The number of carbonyl (C=O) groups is 1. The summed E-state index contributed by atoms with van der Waals surface area (Å²) in [7, 11) is 0. The molecule has 1 unspecified atom stereocenters. The molecular formula is C12H17ClN2OS. The summed E-state index contributed by atoms with van der Waals surface area (Å²) in [5.74, 6) is 0.852. The van der Waals surface area contributed by atoms with Gasteiger partial charge in [-0.05, 0) is 43.6 Å². The maximum Gasteiger partial charge on any atom is 0.253 e. The van der Waals surface area contributed by atoms with Crippen molar-refractivity contribution in [2.24, 2.45) is 0 Å². The molecule has 0 aliphatic heterocycles. The number of hydrogen-bond acceptors (Lipinski definition) is 3. The third kappa shape index (κ3) is 4.48. The van der Waals surface area contributed by atoms with E-state index in [1.54, 1.807) is 30.0 Å². The average Bonchev–Trinajstić information content (AvgIpc) is 2.29. The van der Waals surface area contributed by atoms with E-state index in [4.69, 9.17) is 17.3 Å². The Morgan fingerprint density at radius 3 is 2.94 bits per heavy atom. The van der Waals surface area contributed by atoms with Gasteiger partial charge in [-0.2, -0.15) is 11.8 Å². The number of thioether (sulfide) groups is 1. The third-order valence-electron chi connectivity index (χ3n) is 2.39. The van der Waals surface area contributed by atoms with E-state index in [0.717, 1.165) is 12.2 Å². The first kappa shape index (κ1) is 14.2. The predicted molar refractivity (Wildman–Crippen MR) is 75.8 cm³/mol. The van der Waals surface area contributed by atoms with Crippen molar-refractivity contribution in [3.63, 3.8) is 0 Å². The van der Waals surface area contributed by atoms with Gasteiger partial charge in [0.1, 0.15) is 0 Å². The summed E-state index contributed by atoms with van der Waals surface area (Å²) in [6.07, 6.45) is 2.98. The average molecular weight is 273 g/mol. The molecule has 1 aromatic carbocycles. The molecule has 3 nitrogen and oxygen atoms in total. The van der Waals surface area contributed by atoms with Crippen molar-refractivity contribution >= 4 is 35.0 Å². The highest BCUT2D eigenvalue weighted by Gasteiger charge is 2.12. The molecule has 0 spiro atoms. The molecule has 0 fully saturated rings. The van der Waals surface area contributed by atoms with E-state index in [2.05, 4.69) is 5.32 Å². The van der Waals surface area contributed by atoms with Gasteiger partial charge in [-0.15, -0.1) is 0 Å². The molecule has 0 saturated carbocycles. The Hall–Kier alpha value is -0.870. The van der Waals surface area contributed by atoms with Gasteiger partial charge in [0.05, 0.1) is 5.56 Å². The van der Waals surface area contributed by atoms with Gasteiger partial charge in [-0.25, -0.2) is 0 Å². The second-order valence-corrected chi connectivity index (χ2v) is 5.31. The number of amides is 1. The summed E-state index contributed by atoms with van der Waals surface area (Å²) < 4.78 is 0. The van der Waals surface area contributed by atoms with Gasteiger partial charge in [0.25, 0.3) is 5.91 Å². The van der Waals surface area contributed by atoms with E-state index in [1.165, 1.54) is 0 Å². The summed E-state index contributed by atoms with van der Waals surface area (Å²) in [6.45, 7) is 1.98. The van der Waals surface area contributed by atoms with Gasteiger partial charge in [-0.1, -0.05) is 11.6 Å². The summed E-state index contributed by atoms with van der Waals surface area (Å²) in [6, 6.07) is 5.04. The molecule has 3 N–H and O–H groups in total. The summed E-state index contributed by atoms with van der Waals surface area (Å²) >= 11 is 7.60. The molecule has 17 heavy (non-hydrogen) atoms. The van der Waals surface area contributed by atoms with Crippen molar-refractivity contribution < 1.29 is 4.79 Å². The van der Waals surface area contributed by atoms with Crippen LogP contribution in [0.5, 0.6) is 0 Å². The molecule has 0 saturated heterocycles. The smallest absolute Gasteiger partial charge is 0.253 e. The van der Waals surface area contributed by atoms with E-state index in [0.29, 0.717) is 16.3 Å². The highest BCUT2D eigenvalue weighted by Crippen LogP contribution is 2.18. The van der Waals surface area contributed by atoms with E-state index in [-0.39, 0.29) is 11.9 Å². The largest absolute Gasteiger partial charge is 0.398 e. The number of halogens is 1. The second kappa shape index (κ2) is 6.77. The number of nitrogen functional groups attached to an aromatic ring is 1. The minimum absolute atomic E-state index is 0.133. The fourth-order valence-corrected chi connectivity index (χ4v) is 2.15. The number of carbonyl (C=O) groups excluding carboxylic acids is 1. The normalized spacial score (nSPS) is 12.2. The van der Waals surface area contributed by atoms with Gasteiger partial charge in [0, 0.05) is 16.8 Å². The van der Waals surface area contributed by atoms with Crippen LogP contribution in [0, 0.1) is 0 Å². The molecule has 0 aliphatic rings. The minimum atomic E-state index is -0.168. The molecule has 1 rings (SSSR count). The van der Waals surface area contributed by atoms with Crippen molar-refractivity contribution in [2.45, 2.75) is 19.4 Å². The molecule has 1 aromatic rings. The van der Waals surface area contributed by atoms with E-state index in [1.807, 2.05) is 13.2 Å². The van der Waals surface area contributed by atoms with Crippen LogP contribution in [0.3, 0.4) is 0 Å². The fraction of sp³-hybridized carbons (Fsp3) is 0.417. The quantitative estimate of drug-likeness (QED) is 0.811. The first-order chi connectivity index (χ1) is 8.04. The van der Waals surface area contributed by atoms with Crippen LogP contribution >= 0.6 is 23.4 Å². The maximum atomic E-state index is 11.9. The maximum absolute atomic E-state index is 11.9. The molecule has 5 heteroatoms. The topological polar surface area (TPSA) is 55.1 Å². The third-order valence-corrected chi connectivity index (χ3v) is 3.27. The minimum Gasteiger partial charge on any atom is -0.398 e. The van der Waals surface area contributed by atoms with Crippen molar-refractivity contribution in [3.8, 4) is 0 Å². The molecule has 0 bridgehead atoms. The van der Waals surface area contributed by atoms with Crippen molar-refractivity contribution in [1.29, 1.82) is 0 Å². The molecular weight excluding hydrogens is 256 g/mol. The number of hydrogen-bond donors (Lipinski definition) is 2. The number of rotatable bonds is 5. The van der Waals surface area contributed by atoms with Crippen LogP contribution in [-0.4, -0.2) is 24.0 Å². The first-order valence-electron chi connectivity index (χ1n) is 5.39. The molecule has 0 heterocycles. The van der Waals surface area contributed by atoms with E-state index in [9.17, 15) is 4.79 Å². The van der Waals surface area contributed by atoms with Crippen LogP contribution in [0.2, 0.25) is 5.02 Å². The molecule has 94 valence electrons. The molecule has 1 atom stereocenters. The highest BCUT2D eigenvalue weighted by atomic mass is 35.5. The van der Waals surface area contributed by atoms with Crippen molar-refractivity contribution in [3.05, 3.63) is 28.8 Å². The van der Waals surface area contributed by atoms with Gasteiger partial charge < -0.3 is 11.1 Å². The number of anilines is 1. The lowest BCUT2D eigenvalue weighted by Gasteiger charge is -2.14. The van der Waals surface area contributed by atoms with Crippen LogP contribution < -0.4 is 11.1 Å². The molecule has 0 radical (unpaired) electrons. The fourth-order valence-electron chi connectivity index (χ4n) is 1.39. The zero-order valence-electron chi connectivity index (χ0n) is 10.00. The molecule has 0 aromatic heterocycles. The SMILES string of the molecule is CSCCC(C)NC(=O)c1cc(Cl)ccc1N. The lowest BCUT2D eigenvalue weighted by Crippen LogP contribution is -2.33. The Morgan fingerprint density at radius 2 is 2.29 bits per heavy atom. The molecule has 1 amide bonds. The van der Waals surface area contributed by atoms with Gasteiger partial charge in [0.15, 0.2) is 0 Å². The lowest BCUT2D eigenvalue weighted by molar-refractivity contribution is 0.0940. The Morgan fingerprint density at radius 1 is 1.59 bits per heavy atom. The van der Waals surface area contributed by atoms with Crippen LogP contribution in [-0.2, 0) is 0 Å². The van der Waals surface area contributed by atoms with Gasteiger partial charge in [0.2, 0.25) is 0 Å². The summed E-state index contributed by atoms with van der Waals surface area (Å²) in [5.41, 5.74) is 6.63. The Bertz CT molecular complexity index is 398. The van der Waals surface area contributed by atoms with Crippen LogP contribution in [0.4, 0.5) is 5.69 Å². The highest BCUT2D eigenvalue weighted by molar-refractivity contribution is 7.98. The Labute approximate surface area is 111 Å². The lowest BCUT2D eigenvalue weighted by atomic mass is 10.1. The number of nitrogens with one attached hydrogen (secondary N) is 1. The van der Waals surface area contributed by atoms with Crippen molar-refractivity contribution in [1.82, 2.24) is 5.32 Å².